The third kappa shape index (κ3) is 3.98. The van der Waals surface area contributed by atoms with E-state index in [2.05, 4.69) is 10.1 Å². The molecule has 1 saturated carbocycles. The zero-order valence-electron chi connectivity index (χ0n) is 20.7. The Kier molecular flexibility index (Phi) is 5.68. The Morgan fingerprint density at radius 3 is 2.11 bits per heavy atom. The molecular weight excluding hydrogens is 478 g/mol. The average Bonchev–Trinajstić information content (AvgIpc) is 3.69. The predicted molar refractivity (Wildman–Crippen MR) is 145 cm³/mol. The van der Waals surface area contributed by atoms with Crippen LogP contribution in [0.4, 0.5) is 17.2 Å². The van der Waals surface area contributed by atoms with E-state index in [1.807, 2.05) is 90.7 Å². The molecule has 188 valence electrons. The van der Waals surface area contributed by atoms with Crippen LogP contribution in [0.15, 0.2) is 102 Å². The molecule has 0 saturated heterocycles. The maximum absolute atomic E-state index is 11.7. The molecule has 2 heterocycles. The van der Waals surface area contributed by atoms with Gasteiger partial charge < -0.3 is 14.7 Å². The summed E-state index contributed by atoms with van der Waals surface area (Å²) in [6, 6.07) is 28.4. The van der Waals surface area contributed by atoms with Crippen LogP contribution in [0, 0.1) is 6.92 Å². The Labute approximate surface area is 219 Å². The molecule has 1 aliphatic carbocycles. The number of benzene rings is 3. The summed E-state index contributed by atoms with van der Waals surface area (Å²) in [5, 5.41) is 24.5. The van der Waals surface area contributed by atoms with Gasteiger partial charge in [0.2, 0.25) is 0 Å². The molecule has 1 aliphatic rings. The molecule has 0 aliphatic heterocycles. The topological polar surface area (TPSA) is 99.7 Å². The fourth-order valence-corrected chi connectivity index (χ4v) is 4.86. The first-order chi connectivity index (χ1) is 18.5. The van der Waals surface area contributed by atoms with Gasteiger partial charge in [0.05, 0.1) is 11.1 Å². The Morgan fingerprint density at radius 1 is 0.868 bits per heavy atom. The molecule has 7 heteroatoms. The molecule has 3 aromatic carbocycles. The number of aromatic hydroxyl groups is 1. The summed E-state index contributed by atoms with van der Waals surface area (Å²) < 4.78 is 5.82. The summed E-state index contributed by atoms with van der Waals surface area (Å²) in [5.41, 5.74) is 4.86. The summed E-state index contributed by atoms with van der Waals surface area (Å²) in [5.74, 6) is 0.527. The molecule has 0 radical (unpaired) electrons. The number of aliphatic carboxylic acids is 1. The standard InChI is InChI=1S/C31H25N3O4/c1-20-28(34(27-8-4-5-19-32-27)25-6-2-3-7-26(25)35)29(38-33-20)23-11-9-21(10-12-23)22-13-15-24(16-14-22)31(17-18-31)30(36)37/h2-16,19,35H,17-18H2,1H3,(H,36,37). The highest BCUT2D eigenvalue weighted by molar-refractivity contribution is 5.88. The minimum atomic E-state index is -0.753. The van der Waals surface area contributed by atoms with Crippen LogP contribution in [0.1, 0.15) is 24.1 Å². The van der Waals surface area contributed by atoms with E-state index >= 15 is 0 Å². The zero-order chi connectivity index (χ0) is 26.3. The van der Waals surface area contributed by atoms with Crippen LogP contribution >= 0.6 is 0 Å². The van der Waals surface area contributed by atoms with E-state index in [0.29, 0.717) is 41.5 Å². The van der Waals surface area contributed by atoms with Gasteiger partial charge in [-0.15, -0.1) is 0 Å². The molecular formula is C31H25N3O4. The lowest BCUT2D eigenvalue weighted by molar-refractivity contribution is -0.140. The number of carboxylic acids is 1. The molecule has 5 aromatic rings. The number of phenolic OH excluding ortho intramolecular Hbond substituents is 1. The lowest BCUT2D eigenvalue weighted by Crippen LogP contribution is -2.19. The first-order valence-corrected chi connectivity index (χ1v) is 12.4. The van der Waals surface area contributed by atoms with Crippen molar-refractivity contribution in [2.75, 3.05) is 4.90 Å². The fraction of sp³-hybridized carbons (Fsp3) is 0.129. The number of nitrogens with zero attached hydrogens (tertiary/aromatic N) is 3. The summed E-state index contributed by atoms with van der Waals surface area (Å²) in [4.78, 5) is 18.0. The largest absolute Gasteiger partial charge is 0.506 e. The highest BCUT2D eigenvalue weighted by Gasteiger charge is 2.51. The van der Waals surface area contributed by atoms with Crippen LogP contribution in [0.25, 0.3) is 22.5 Å². The number of aromatic nitrogens is 2. The zero-order valence-corrected chi connectivity index (χ0v) is 20.7. The van der Waals surface area contributed by atoms with Gasteiger partial charge in [0, 0.05) is 11.8 Å². The van der Waals surface area contributed by atoms with Crippen molar-refractivity contribution in [3.63, 3.8) is 0 Å². The molecule has 0 spiro atoms. The van der Waals surface area contributed by atoms with E-state index in [-0.39, 0.29) is 5.75 Å². The van der Waals surface area contributed by atoms with Crippen molar-refractivity contribution in [1.82, 2.24) is 10.1 Å². The van der Waals surface area contributed by atoms with Gasteiger partial charge in [0.1, 0.15) is 22.9 Å². The van der Waals surface area contributed by atoms with Gasteiger partial charge in [-0.1, -0.05) is 71.9 Å². The van der Waals surface area contributed by atoms with Crippen molar-refractivity contribution in [2.45, 2.75) is 25.2 Å². The van der Waals surface area contributed by atoms with E-state index in [1.54, 1.807) is 18.3 Å². The van der Waals surface area contributed by atoms with Crippen LogP contribution in [-0.4, -0.2) is 26.3 Å². The van der Waals surface area contributed by atoms with Crippen LogP contribution in [0.3, 0.4) is 0 Å². The Morgan fingerprint density at radius 2 is 1.50 bits per heavy atom. The minimum Gasteiger partial charge on any atom is -0.506 e. The number of para-hydroxylation sites is 2. The van der Waals surface area contributed by atoms with E-state index in [1.165, 1.54) is 0 Å². The third-order valence-corrected chi connectivity index (χ3v) is 7.13. The smallest absolute Gasteiger partial charge is 0.314 e. The number of phenols is 1. The molecule has 7 nitrogen and oxygen atoms in total. The normalized spacial score (nSPS) is 13.7. The summed E-state index contributed by atoms with van der Waals surface area (Å²) in [7, 11) is 0. The number of carboxylic acid groups (broad SMARTS) is 1. The number of aryl methyl sites for hydroxylation is 1. The Balaban J connectivity index is 1.37. The molecule has 38 heavy (non-hydrogen) atoms. The number of hydrogen-bond donors (Lipinski definition) is 2. The van der Waals surface area contributed by atoms with E-state index in [9.17, 15) is 15.0 Å². The van der Waals surface area contributed by atoms with Crippen LogP contribution < -0.4 is 4.90 Å². The molecule has 0 unspecified atom stereocenters. The van der Waals surface area contributed by atoms with Crippen molar-refractivity contribution < 1.29 is 19.5 Å². The second kappa shape index (κ2) is 9.19. The lowest BCUT2D eigenvalue weighted by Gasteiger charge is -2.24. The van der Waals surface area contributed by atoms with Gasteiger partial charge in [0.15, 0.2) is 5.76 Å². The van der Waals surface area contributed by atoms with Crippen molar-refractivity contribution in [2.24, 2.45) is 0 Å². The Hall–Kier alpha value is -4.91. The van der Waals surface area contributed by atoms with Gasteiger partial charge in [-0.25, -0.2) is 4.98 Å². The summed E-state index contributed by atoms with van der Waals surface area (Å²) in [6.45, 7) is 1.86. The summed E-state index contributed by atoms with van der Waals surface area (Å²) >= 11 is 0. The van der Waals surface area contributed by atoms with Crippen molar-refractivity contribution in [3.05, 3.63) is 108 Å². The molecule has 0 amide bonds. The predicted octanol–water partition coefficient (Wildman–Crippen LogP) is 7.00. The molecule has 0 atom stereocenters. The molecule has 6 rings (SSSR count). The maximum Gasteiger partial charge on any atom is 0.314 e. The van der Waals surface area contributed by atoms with Crippen molar-refractivity contribution >= 4 is 23.2 Å². The van der Waals surface area contributed by atoms with Crippen molar-refractivity contribution in [3.8, 4) is 28.2 Å². The van der Waals surface area contributed by atoms with Crippen LogP contribution in [0.5, 0.6) is 5.75 Å². The fourth-order valence-electron chi connectivity index (χ4n) is 4.86. The second-order valence-electron chi connectivity index (χ2n) is 9.50. The first kappa shape index (κ1) is 23.5. The lowest BCUT2D eigenvalue weighted by atomic mass is 9.93. The Bertz CT molecular complexity index is 1610. The highest BCUT2D eigenvalue weighted by atomic mass is 16.5. The first-order valence-electron chi connectivity index (χ1n) is 12.4. The maximum atomic E-state index is 11.7. The molecule has 0 bridgehead atoms. The molecule has 2 N–H and O–H groups in total. The number of anilines is 3. The van der Waals surface area contributed by atoms with Gasteiger partial charge >= 0.3 is 5.97 Å². The van der Waals surface area contributed by atoms with Crippen LogP contribution in [0.2, 0.25) is 0 Å². The van der Waals surface area contributed by atoms with E-state index < -0.39 is 11.4 Å². The van der Waals surface area contributed by atoms with Crippen LogP contribution in [-0.2, 0) is 10.2 Å². The van der Waals surface area contributed by atoms with Gasteiger partial charge in [-0.05, 0) is 60.7 Å². The minimum absolute atomic E-state index is 0.111. The quantitative estimate of drug-likeness (QED) is 0.247. The third-order valence-electron chi connectivity index (χ3n) is 7.13. The number of carbonyl (C=O) groups is 1. The number of pyridine rings is 1. The second-order valence-corrected chi connectivity index (χ2v) is 9.50. The average molecular weight is 504 g/mol. The van der Waals surface area contributed by atoms with Gasteiger partial charge in [-0.2, -0.15) is 0 Å². The highest BCUT2D eigenvalue weighted by Crippen LogP contribution is 2.49. The van der Waals surface area contributed by atoms with E-state index in [0.717, 1.165) is 22.3 Å². The SMILES string of the molecule is Cc1noc(-c2ccc(-c3ccc(C4(C(=O)O)CC4)cc3)cc2)c1N(c1ccccn1)c1ccccc1O. The number of rotatable bonds is 7. The molecule has 2 aromatic heterocycles. The molecule has 1 fully saturated rings. The number of hydrogen-bond acceptors (Lipinski definition) is 6. The van der Waals surface area contributed by atoms with E-state index in [4.69, 9.17) is 4.52 Å². The monoisotopic (exact) mass is 503 g/mol. The van der Waals surface area contributed by atoms with Crippen molar-refractivity contribution in [1.29, 1.82) is 0 Å². The van der Waals surface area contributed by atoms with Gasteiger partial charge in [0.25, 0.3) is 0 Å². The van der Waals surface area contributed by atoms with Gasteiger partial charge in [-0.3, -0.25) is 9.69 Å². The summed E-state index contributed by atoms with van der Waals surface area (Å²) in [6.07, 6.45) is 3.07.